The second-order valence-corrected chi connectivity index (χ2v) is 5.37. The number of nitrogens with zero attached hydrogens (tertiary/aromatic N) is 5. The highest BCUT2D eigenvalue weighted by molar-refractivity contribution is 5.76. The Hall–Kier alpha value is -2.49. The minimum absolute atomic E-state index is 0.0189. The SMILES string of the molecule is FC(F)(F)c1nnc2c(OC3CCOCC3)nc3cccnc3n12. The fourth-order valence-electron chi connectivity index (χ4n) is 2.65. The van der Waals surface area contributed by atoms with Crippen molar-refractivity contribution in [3.05, 3.63) is 24.2 Å². The second kappa shape index (κ2) is 5.55. The highest BCUT2D eigenvalue weighted by Gasteiger charge is 2.38. The van der Waals surface area contributed by atoms with Gasteiger partial charge >= 0.3 is 6.18 Å². The third kappa shape index (κ3) is 2.52. The Morgan fingerprint density at radius 3 is 2.71 bits per heavy atom. The molecule has 1 aliphatic rings. The van der Waals surface area contributed by atoms with Gasteiger partial charge in [-0.15, -0.1) is 10.2 Å². The number of fused-ring (bicyclic) bond motifs is 3. The van der Waals surface area contributed by atoms with Gasteiger partial charge in [0.1, 0.15) is 11.6 Å². The molecule has 0 saturated carbocycles. The van der Waals surface area contributed by atoms with Crippen LogP contribution in [0.3, 0.4) is 0 Å². The first-order valence-electron chi connectivity index (χ1n) is 7.35. The molecule has 10 heteroatoms. The van der Waals surface area contributed by atoms with E-state index < -0.39 is 12.0 Å². The van der Waals surface area contributed by atoms with Gasteiger partial charge in [0, 0.05) is 19.0 Å². The van der Waals surface area contributed by atoms with Crippen LogP contribution < -0.4 is 4.74 Å². The van der Waals surface area contributed by atoms with E-state index >= 15 is 0 Å². The number of aromatic nitrogens is 5. The van der Waals surface area contributed by atoms with Crippen LogP contribution in [0, 0.1) is 0 Å². The van der Waals surface area contributed by atoms with E-state index in [9.17, 15) is 13.2 Å². The summed E-state index contributed by atoms with van der Waals surface area (Å²) < 4.78 is 51.6. The molecule has 0 atom stereocenters. The summed E-state index contributed by atoms with van der Waals surface area (Å²) in [6.45, 7) is 1.08. The van der Waals surface area contributed by atoms with E-state index in [-0.39, 0.29) is 28.8 Å². The maximum atomic E-state index is 13.2. The van der Waals surface area contributed by atoms with Gasteiger partial charge in [-0.3, -0.25) is 0 Å². The van der Waals surface area contributed by atoms with Gasteiger partial charge in [0.05, 0.1) is 13.2 Å². The molecule has 0 N–H and O–H groups in total. The predicted molar refractivity (Wildman–Crippen MR) is 75.6 cm³/mol. The number of halogens is 3. The summed E-state index contributed by atoms with van der Waals surface area (Å²) in [5.41, 5.74) is 0.210. The summed E-state index contributed by atoms with van der Waals surface area (Å²) in [5, 5.41) is 6.91. The molecule has 1 fully saturated rings. The quantitative estimate of drug-likeness (QED) is 0.713. The van der Waals surface area contributed by atoms with Gasteiger partial charge < -0.3 is 9.47 Å². The number of ether oxygens (including phenoxy) is 2. The lowest BCUT2D eigenvalue weighted by Crippen LogP contribution is -2.26. The highest BCUT2D eigenvalue weighted by Crippen LogP contribution is 2.32. The normalized spacial score (nSPS) is 16.8. The van der Waals surface area contributed by atoms with Gasteiger partial charge in [-0.1, -0.05) is 0 Å². The Labute approximate surface area is 133 Å². The van der Waals surface area contributed by atoms with Crippen LogP contribution in [0.25, 0.3) is 16.8 Å². The third-order valence-corrected chi connectivity index (χ3v) is 3.75. The van der Waals surface area contributed by atoms with E-state index in [4.69, 9.17) is 9.47 Å². The van der Waals surface area contributed by atoms with Crippen LogP contribution >= 0.6 is 0 Å². The summed E-state index contributed by atoms with van der Waals surface area (Å²) in [4.78, 5) is 8.27. The van der Waals surface area contributed by atoms with Crippen molar-refractivity contribution in [1.82, 2.24) is 24.6 Å². The maximum Gasteiger partial charge on any atom is 0.452 e. The molecule has 4 rings (SSSR count). The molecule has 0 spiro atoms. The van der Waals surface area contributed by atoms with Crippen molar-refractivity contribution in [2.75, 3.05) is 13.2 Å². The first-order valence-corrected chi connectivity index (χ1v) is 7.35. The number of hydrogen-bond donors (Lipinski definition) is 0. The lowest BCUT2D eigenvalue weighted by Gasteiger charge is -2.22. The van der Waals surface area contributed by atoms with Crippen molar-refractivity contribution in [2.24, 2.45) is 0 Å². The average Bonchev–Trinajstić information content (AvgIpc) is 3.02. The Bertz CT molecular complexity index is 889. The van der Waals surface area contributed by atoms with Crippen molar-refractivity contribution in [3.63, 3.8) is 0 Å². The van der Waals surface area contributed by atoms with Crippen molar-refractivity contribution < 1.29 is 22.6 Å². The second-order valence-electron chi connectivity index (χ2n) is 5.37. The van der Waals surface area contributed by atoms with E-state index in [1.807, 2.05) is 0 Å². The number of hydrogen-bond acceptors (Lipinski definition) is 6. The van der Waals surface area contributed by atoms with Crippen LogP contribution in [0.5, 0.6) is 5.88 Å². The smallest absolute Gasteiger partial charge is 0.452 e. The van der Waals surface area contributed by atoms with Gasteiger partial charge in [-0.05, 0) is 12.1 Å². The zero-order valence-corrected chi connectivity index (χ0v) is 12.3. The minimum atomic E-state index is -4.67. The highest BCUT2D eigenvalue weighted by atomic mass is 19.4. The van der Waals surface area contributed by atoms with Crippen molar-refractivity contribution in [2.45, 2.75) is 25.1 Å². The molecule has 1 saturated heterocycles. The Morgan fingerprint density at radius 1 is 1.17 bits per heavy atom. The first kappa shape index (κ1) is 15.1. The third-order valence-electron chi connectivity index (χ3n) is 3.75. The van der Waals surface area contributed by atoms with Gasteiger partial charge in [-0.25, -0.2) is 14.4 Å². The predicted octanol–water partition coefficient (Wildman–Crippen LogP) is 2.25. The molecule has 0 bridgehead atoms. The zero-order valence-electron chi connectivity index (χ0n) is 12.3. The Morgan fingerprint density at radius 2 is 1.96 bits per heavy atom. The van der Waals surface area contributed by atoms with E-state index in [0.717, 1.165) is 4.40 Å². The molecule has 0 aromatic carbocycles. The molecule has 0 amide bonds. The lowest BCUT2D eigenvalue weighted by molar-refractivity contribution is -0.145. The number of rotatable bonds is 2. The van der Waals surface area contributed by atoms with Crippen LogP contribution in [0.15, 0.2) is 18.3 Å². The standard InChI is InChI=1S/C14H12F3N5O2/c15-14(16,17)13-21-20-11-12(24-8-3-6-23-7-4-8)19-9-2-1-5-18-10(9)22(11)13/h1-2,5,8H,3-4,6-7H2. The maximum absolute atomic E-state index is 13.2. The average molecular weight is 339 g/mol. The summed E-state index contributed by atoms with van der Waals surface area (Å²) in [6, 6.07) is 3.16. The molecule has 0 unspecified atom stereocenters. The summed E-state index contributed by atoms with van der Waals surface area (Å²) in [7, 11) is 0. The van der Waals surface area contributed by atoms with E-state index in [1.165, 1.54) is 6.20 Å². The summed E-state index contributed by atoms with van der Waals surface area (Å²) in [5.74, 6) is -1.13. The molecule has 0 radical (unpaired) electrons. The van der Waals surface area contributed by atoms with Crippen molar-refractivity contribution in [1.29, 1.82) is 0 Å². The minimum Gasteiger partial charge on any atom is -0.471 e. The molecule has 3 aromatic heterocycles. The summed E-state index contributed by atoms with van der Waals surface area (Å²) in [6.07, 6.45) is -2.18. The topological polar surface area (TPSA) is 74.4 Å². The molecule has 0 aliphatic carbocycles. The number of alkyl halides is 3. The summed E-state index contributed by atoms with van der Waals surface area (Å²) >= 11 is 0. The van der Waals surface area contributed by atoms with Crippen LogP contribution in [-0.4, -0.2) is 43.9 Å². The van der Waals surface area contributed by atoms with Crippen LogP contribution in [0.4, 0.5) is 13.2 Å². The van der Waals surface area contributed by atoms with Crippen LogP contribution in [-0.2, 0) is 10.9 Å². The Kier molecular flexibility index (Phi) is 3.48. The monoisotopic (exact) mass is 339 g/mol. The lowest BCUT2D eigenvalue weighted by atomic mass is 10.2. The molecule has 4 heterocycles. The zero-order chi connectivity index (χ0) is 16.7. The van der Waals surface area contributed by atoms with Gasteiger partial charge in [0.2, 0.25) is 11.5 Å². The van der Waals surface area contributed by atoms with Gasteiger partial charge in [-0.2, -0.15) is 13.2 Å². The number of pyridine rings is 1. The van der Waals surface area contributed by atoms with Crippen molar-refractivity contribution >= 4 is 16.8 Å². The first-order chi connectivity index (χ1) is 11.5. The van der Waals surface area contributed by atoms with E-state index in [0.29, 0.717) is 26.1 Å². The molecule has 24 heavy (non-hydrogen) atoms. The van der Waals surface area contributed by atoms with Crippen LogP contribution in [0.2, 0.25) is 0 Å². The van der Waals surface area contributed by atoms with E-state index in [2.05, 4.69) is 20.2 Å². The van der Waals surface area contributed by atoms with E-state index in [1.54, 1.807) is 12.1 Å². The molecule has 3 aromatic rings. The molecular weight excluding hydrogens is 327 g/mol. The fraction of sp³-hybridized carbons (Fsp3) is 0.429. The fourth-order valence-corrected chi connectivity index (χ4v) is 2.65. The molecule has 126 valence electrons. The molecule has 1 aliphatic heterocycles. The van der Waals surface area contributed by atoms with Gasteiger partial charge in [0.25, 0.3) is 5.88 Å². The molecule has 7 nitrogen and oxygen atoms in total. The van der Waals surface area contributed by atoms with Gasteiger partial charge in [0.15, 0.2) is 5.65 Å². The Balaban J connectivity index is 1.91. The largest absolute Gasteiger partial charge is 0.471 e. The molecular formula is C14H12F3N5O2. The van der Waals surface area contributed by atoms with Crippen molar-refractivity contribution in [3.8, 4) is 5.88 Å². The van der Waals surface area contributed by atoms with Crippen LogP contribution in [0.1, 0.15) is 18.7 Å².